The molecular formula is C19H20FN3. The van der Waals surface area contributed by atoms with E-state index >= 15 is 0 Å². The van der Waals surface area contributed by atoms with Gasteiger partial charge in [0.25, 0.3) is 0 Å². The minimum absolute atomic E-state index is 0.241. The second kappa shape index (κ2) is 8.63. The number of allylic oxidation sites excluding steroid dienone is 1. The van der Waals surface area contributed by atoms with Crippen LogP contribution in [0.2, 0.25) is 0 Å². The molecule has 4 heteroatoms. The molecule has 0 saturated heterocycles. The van der Waals surface area contributed by atoms with Gasteiger partial charge in [0.15, 0.2) is 0 Å². The van der Waals surface area contributed by atoms with Gasteiger partial charge in [-0.25, -0.2) is 4.39 Å². The molecule has 23 heavy (non-hydrogen) atoms. The van der Waals surface area contributed by atoms with E-state index in [-0.39, 0.29) is 5.82 Å². The van der Waals surface area contributed by atoms with Crippen LogP contribution in [0.3, 0.4) is 0 Å². The predicted octanol–water partition coefficient (Wildman–Crippen LogP) is 4.35. The van der Waals surface area contributed by atoms with Gasteiger partial charge >= 0.3 is 0 Å². The molecule has 0 saturated carbocycles. The van der Waals surface area contributed by atoms with E-state index in [9.17, 15) is 4.39 Å². The highest BCUT2D eigenvalue weighted by Gasteiger charge is 2.04. The summed E-state index contributed by atoms with van der Waals surface area (Å²) in [6, 6.07) is 10.2. The van der Waals surface area contributed by atoms with Crippen molar-refractivity contribution in [3.05, 3.63) is 84.5 Å². The SMILES string of the molecule is C=CCC(=NCc1ccc(F)cc1)N/C(=C\C)c1cccnc1. The first kappa shape index (κ1) is 16.6. The highest BCUT2D eigenvalue weighted by atomic mass is 19.1. The van der Waals surface area contributed by atoms with Crippen molar-refractivity contribution in [1.82, 2.24) is 10.3 Å². The van der Waals surface area contributed by atoms with Crippen LogP contribution in [-0.2, 0) is 6.54 Å². The van der Waals surface area contributed by atoms with Gasteiger partial charge in [-0.15, -0.1) is 6.58 Å². The van der Waals surface area contributed by atoms with E-state index in [0.29, 0.717) is 13.0 Å². The Balaban J connectivity index is 2.12. The molecule has 0 aliphatic heterocycles. The molecule has 0 amide bonds. The molecule has 0 bridgehead atoms. The number of benzene rings is 1. The van der Waals surface area contributed by atoms with E-state index in [1.165, 1.54) is 12.1 Å². The van der Waals surface area contributed by atoms with Crippen LogP contribution in [0.4, 0.5) is 4.39 Å². The fourth-order valence-corrected chi connectivity index (χ4v) is 2.06. The lowest BCUT2D eigenvalue weighted by atomic mass is 10.2. The fraction of sp³-hybridized carbons (Fsp3) is 0.158. The van der Waals surface area contributed by atoms with Crippen LogP contribution in [0.25, 0.3) is 5.70 Å². The number of amidine groups is 1. The largest absolute Gasteiger partial charge is 0.344 e. The van der Waals surface area contributed by atoms with Crippen molar-refractivity contribution in [2.24, 2.45) is 4.99 Å². The Morgan fingerprint density at radius 1 is 1.30 bits per heavy atom. The molecule has 118 valence electrons. The van der Waals surface area contributed by atoms with Crippen molar-refractivity contribution >= 4 is 11.5 Å². The molecule has 1 aromatic heterocycles. The maximum absolute atomic E-state index is 12.9. The third-order valence-electron chi connectivity index (χ3n) is 3.24. The smallest absolute Gasteiger partial charge is 0.123 e. The van der Waals surface area contributed by atoms with Crippen molar-refractivity contribution < 1.29 is 4.39 Å². The van der Waals surface area contributed by atoms with Gasteiger partial charge in [-0.3, -0.25) is 9.98 Å². The molecule has 1 heterocycles. The number of hydrogen-bond donors (Lipinski definition) is 1. The van der Waals surface area contributed by atoms with Gasteiger partial charge in [-0.1, -0.05) is 24.3 Å². The zero-order valence-electron chi connectivity index (χ0n) is 13.2. The Morgan fingerprint density at radius 3 is 2.70 bits per heavy atom. The summed E-state index contributed by atoms with van der Waals surface area (Å²) < 4.78 is 12.9. The molecule has 3 nitrogen and oxygen atoms in total. The number of halogens is 1. The maximum Gasteiger partial charge on any atom is 0.123 e. The second-order valence-corrected chi connectivity index (χ2v) is 4.95. The topological polar surface area (TPSA) is 37.3 Å². The van der Waals surface area contributed by atoms with Gasteiger partial charge in [0.2, 0.25) is 0 Å². The number of nitrogens with one attached hydrogen (secondary N) is 1. The van der Waals surface area contributed by atoms with E-state index in [4.69, 9.17) is 0 Å². The molecule has 0 atom stereocenters. The van der Waals surface area contributed by atoms with Crippen LogP contribution in [0.15, 0.2) is 72.5 Å². The zero-order valence-corrected chi connectivity index (χ0v) is 13.2. The third-order valence-corrected chi connectivity index (χ3v) is 3.24. The van der Waals surface area contributed by atoms with Crippen molar-refractivity contribution in [2.45, 2.75) is 19.9 Å². The number of rotatable bonds is 6. The summed E-state index contributed by atoms with van der Waals surface area (Å²) in [5.41, 5.74) is 2.89. The van der Waals surface area contributed by atoms with Crippen LogP contribution in [0, 0.1) is 5.82 Å². The Labute approximate surface area is 136 Å². The molecule has 0 unspecified atom stereocenters. The van der Waals surface area contributed by atoms with Crippen molar-refractivity contribution in [3.63, 3.8) is 0 Å². The van der Waals surface area contributed by atoms with E-state index in [2.05, 4.69) is 21.9 Å². The molecule has 1 N–H and O–H groups in total. The van der Waals surface area contributed by atoms with E-state index in [1.807, 2.05) is 25.1 Å². The van der Waals surface area contributed by atoms with Crippen LogP contribution >= 0.6 is 0 Å². The van der Waals surface area contributed by atoms with Crippen molar-refractivity contribution in [1.29, 1.82) is 0 Å². The van der Waals surface area contributed by atoms with Crippen LogP contribution in [0.1, 0.15) is 24.5 Å². The lowest BCUT2D eigenvalue weighted by Gasteiger charge is -2.12. The van der Waals surface area contributed by atoms with Gasteiger partial charge in [0.1, 0.15) is 11.7 Å². The van der Waals surface area contributed by atoms with Gasteiger partial charge in [-0.2, -0.15) is 0 Å². The quantitative estimate of drug-likeness (QED) is 0.489. The minimum Gasteiger partial charge on any atom is -0.344 e. The van der Waals surface area contributed by atoms with Gasteiger partial charge < -0.3 is 5.32 Å². The first-order valence-corrected chi connectivity index (χ1v) is 7.45. The summed E-state index contributed by atoms with van der Waals surface area (Å²) in [6.45, 7) is 6.22. The molecule has 0 aliphatic carbocycles. The Hall–Kier alpha value is -2.75. The first-order valence-electron chi connectivity index (χ1n) is 7.45. The number of hydrogen-bond acceptors (Lipinski definition) is 2. The number of pyridine rings is 1. The minimum atomic E-state index is -0.241. The summed E-state index contributed by atoms with van der Waals surface area (Å²) in [5.74, 6) is 0.566. The summed E-state index contributed by atoms with van der Waals surface area (Å²) in [4.78, 5) is 8.71. The number of aromatic nitrogens is 1. The zero-order chi connectivity index (χ0) is 16.5. The Bertz CT molecular complexity index is 688. The average Bonchev–Trinajstić information content (AvgIpc) is 2.59. The van der Waals surface area contributed by atoms with E-state index in [1.54, 1.807) is 30.6 Å². The lowest BCUT2D eigenvalue weighted by molar-refractivity contribution is 0.627. The predicted molar refractivity (Wildman–Crippen MR) is 93.4 cm³/mol. The summed E-state index contributed by atoms with van der Waals surface area (Å²) >= 11 is 0. The Morgan fingerprint density at radius 2 is 2.09 bits per heavy atom. The standard InChI is InChI=1S/C19H20FN3/c1-3-6-19(22-13-15-8-10-17(20)11-9-15)23-18(4-2)16-7-5-12-21-14-16/h3-5,7-12,14H,1,6,13H2,2H3,(H,22,23)/b18-4-. The van der Waals surface area contributed by atoms with Crippen LogP contribution in [-0.4, -0.2) is 10.8 Å². The molecule has 0 spiro atoms. The third kappa shape index (κ3) is 5.18. The second-order valence-electron chi connectivity index (χ2n) is 4.95. The molecule has 1 aromatic carbocycles. The van der Waals surface area contributed by atoms with Crippen LogP contribution in [0.5, 0.6) is 0 Å². The van der Waals surface area contributed by atoms with Crippen molar-refractivity contribution in [3.8, 4) is 0 Å². The molecule has 2 rings (SSSR count). The lowest BCUT2D eigenvalue weighted by Crippen LogP contribution is -2.21. The number of aliphatic imine (C=N–C) groups is 1. The monoisotopic (exact) mass is 309 g/mol. The fourth-order valence-electron chi connectivity index (χ4n) is 2.06. The van der Waals surface area contributed by atoms with Gasteiger partial charge in [0, 0.05) is 30.1 Å². The summed E-state index contributed by atoms with van der Waals surface area (Å²) in [6.07, 6.45) is 7.94. The average molecular weight is 309 g/mol. The highest BCUT2D eigenvalue weighted by molar-refractivity contribution is 5.91. The first-order chi connectivity index (χ1) is 11.2. The summed E-state index contributed by atoms with van der Waals surface area (Å²) in [7, 11) is 0. The molecule has 2 aromatic rings. The van der Waals surface area contributed by atoms with Crippen LogP contribution < -0.4 is 5.32 Å². The Kier molecular flexibility index (Phi) is 6.24. The maximum atomic E-state index is 12.9. The van der Waals surface area contributed by atoms with E-state index in [0.717, 1.165) is 22.7 Å². The van der Waals surface area contributed by atoms with Crippen molar-refractivity contribution in [2.75, 3.05) is 0 Å². The van der Waals surface area contributed by atoms with Gasteiger partial charge in [-0.05, 0) is 36.8 Å². The highest BCUT2D eigenvalue weighted by Crippen LogP contribution is 2.11. The van der Waals surface area contributed by atoms with Gasteiger partial charge in [0.05, 0.1) is 6.54 Å². The molecule has 0 fully saturated rings. The molecular weight excluding hydrogens is 289 g/mol. The number of nitrogens with zero attached hydrogens (tertiary/aromatic N) is 2. The van der Waals surface area contributed by atoms with E-state index < -0.39 is 0 Å². The summed E-state index contributed by atoms with van der Waals surface area (Å²) in [5, 5.41) is 3.33. The molecule has 0 radical (unpaired) electrons. The normalized spacial score (nSPS) is 12.1. The molecule has 0 aliphatic rings.